The number of anilines is 2. The molecule has 1 heterocycles. The van der Waals surface area contributed by atoms with E-state index in [0.717, 1.165) is 0 Å². The van der Waals surface area contributed by atoms with Crippen molar-refractivity contribution in [3.63, 3.8) is 0 Å². The van der Waals surface area contributed by atoms with Crippen LogP contribution >= 0.6 is 0 Å². The minimum absolute atomic E-state index is 0.364. The first-order valence-corrected chi connectivity index (χ1v) is 5.68. The van der Waals surface area contributed by atoms with E-state index in [-0.39, 0.29) is 0 Å². The Kier molecular flexibility index (Phi) is 3.34. The second-order valence-corrected chi connectivity index (χ2v) is 4.14. The van der Waals surface area contributed by atoms with Crippen LogP contribution in [0, 0.1) is 5.41 Å². The summed E-state index contributed by atoms with van der Waals surface area (Å²) in [5, 5.41) is 10.7. The minimum Gasteiger partial charge on any atom is -0.383 e. The van der Waals surface area contributed by atoms with Gasteiger partial charge in [0.05, 0.1) is 5.56 Å². The standard InChI is InChI=1S/C11H17N5/c12-6-9-10(13)14-7-15-11(9)16-8-4-2-1-3-5-8/h6-8,12H,1-5H2,(H3,13,14,15,16). The first-order chi connectivity index (χ1) is 7.81. The topological polar surface area (TPSA) is 87.7 Å². The molecule has 4 N–H and O–H groups in total. The largest absolute Gasteiger partial charge is 0.383 e. The summed E-state index contributed by atoms with van der Waals surface area (Å²) in [5.74, 6) is 1.05. The Balaban J connectivity index is 2.13. The Morgan fingerprint density at radius 1 is 1.31 bits per heavy atom. The molecule has 1 fully saturated rings. The van der Waals surface area contributed by atoms with Gasteiger partial charge in [-0.2, -0.15) is 0 Å². The molecule has 0 unspecified atom stereocenters. The van der Waals surface area contributed by atoms with Gasteiger partial charge in [0.15, 0.2) is 0 Å². The maximum Gasteiger partial charge on any atom is 0.140 e. The van der Waals surface area contributed by atoms with E-state index in [1.165, 1.54) is 44.6 Å². The van der Waals surface area contributed by atoms with E-state index in [2.05, 4.69) is 15.3 Å². The second-order valence-electron chi connectivity index (χ2n) is 4.14. The van der Waals surface area contributed by atoms with Gasteiger partial charge < -0.3 is 16.5 Å². The van der Waals surface area contributed by atoms with Crippen molar-refractivity contribution in [2.75, 3.05) is 11.1 Å². The zero-order valence-corrected chi connectivity index (χ0v) is 9.24. The number of nitrogen functional groups attached to an aromatic ring is 1. The van der Waals surface area contributed by atoms with Crippen molar-refractivity contribution in [3.05, 3.63) is 11.9 Å². The number of rotatable bonds is 3. The van der Waals surface area contributed by atoms with Gasteiger partial charge in [0, 0.05) is 12.3 Å². The molecule has 0 radical (unpaired) electrons. The van der Waals surface area contributed by atoms with Gasteiger partial charge in [0.2, 0.25) is 0 Å². The van der Waals surface area contributed by atoms with E-state index in [1.54, 1.807) is 0 Å². The summed E-state index contributed by atoms with van der Waals surface area (Å²) in [4.78, 5) is 8.03. The lowest BCUT2D eigenvalue weighted by Gasteiger charge is -2.24. The molecule has 0 bridgehead atoms. The van der Waals surface area contributed by atoms with Gasteiger partial charge in [-0.25, -0.2) is 9.97 Å². The fraction of sp³-hybridized carbons (Fsp3) is 0.545. The fourth-order valence-corrected chi connectivity index (χ4v) is 2.11. The van der Waals surface area contributed by atoms with E-state index in [9.17, 15) is 0 Å². The molecule has 1 saturated carbocycles. The zero-order chi connectivity index (χ0) is 11.4. The normalized spacial score (nSPS) is 17.0. The van der Waals surface area contributed by atoms with Gasteiger partial charge in [-0.1, -0.05) is 19.3 Å². The lowest BCUT2D eigenvalue weighted by atomic mass is 9.95. The first-order valence-electron chi connectivity index (χ1n) is 5.68. The van der Waals surface area contributed by atoms with E-state index in [1.807, 2.05) is 0 Å². The predicted molar refractivity (Wildman–Crippen MR) is 64.8 cm³/mol. The van der Waals surface area contributed by atoms with Crippen molar-refractivity contribution in [3.8, 4) is 0 Å². The van der Waals surface area contributed by atoms with Gasteiger partial charge in [-0.3, -0.25) is 0 Å². The van der Waals surface area contributed by atoms with Gasteiger partial charge >= 0.3 is 0 Å². The Hall–Kier alpha value is -1.65. The van der Waals surface area contributed by atoms with E-state index >= 15 is 0 Å². The first kappa shape index (κ1) is 10.9. The van der Waals surface area contributed by atoms with Gasteiger partial charge in [0.1, 0.15) is 18.0 Å². The number of nitrogens with two attached hydrogens (primary N) is 1. The number of nitrogens with zero attached hydrogens (tertiary/aromatic N) is 2. The predicted octanol–water partition coefficient (Wildman–Crippen LogP) is 1.80. The average Bonchev–Trinajstić information content (AvgIpc) is 2.31. The van der Waals surface area contributed by atoms with Crippen LogP contribution in [0.4, 0.5) is 11.6 Å². The van der Waals surface area contributed by atoms with Crippen molar-refractivity contribution < 1.29 is 0 Å². The number of hydrogen-bond donors (Lipinski definition) is 3. The van der Waals surface area contributed by atoms with Gasteiger partial charge in [-0.15, -0.1) is 0 Å². The molecular weight excluding hydrogens is 202 g/mol. The summed E-state index contributed by atoms with van der Waals surface area (Å²) in [6.45, 7) is 0. The van der Waals surface area contributed by atoms with Crippen molar-refractivity contribution in [2.24, 2.45) is 0 Å². The Morgan fingerprint density at radius 2 is 2.06 bits per heavy atom. The number of hydrogen-bond acceptors (Lipinski definition) is 5. The summed E-state index contributed by atoms with van der Waals surface area (Å²) in [5.41, 5.74) is 6.29. The Morgan fingerprint density at radius 3 is 2.75 bits per heavy atom. The zero-order valence-electron chi connectivity index (χ0n) is 9.24. The molecule has 1 aromatic rings. The van der Waals surface area contributed by atoms with Crippen LogP contribution in [-0.2, 0) is 0 Å². The molecule has 0 aliphatic heterocycles. The van der Waals surface area contributed by atoms with Crippen molar-refractivity contribution in [1.29, 1.82) is 5.41 Å². The highest BCUT2D eigenvalue weighted by atomic mass is 15.1. The van der Waals surface area contributed by atoms with Crippen LogP contribution in [0.3, 0.4) is 0 Å². The molecule has 2 rings (SSSR count). The highest BCUT2D eigenvalue weighted by Crippen LogP contribution is 2.23. The van der Waals surface area contributed by atoms with Gasteiger partial charge in [-0.05, 0) is 12.8 Å². The highest BCUT2D eigenvalue weighted by Gasteiger charge is 2.15. The van der Waals surface area contributed by atoms with Crippen molar-refractivity contribution in [1.82, 2.24) is 9.97 Å². The lowest BCUT2D eigenvalue weighted by Crippen LogP contribution is -2.24. The molecule has 0 aromatic carbocycles. The Labute approximate surface area is 95.0 Å². The van der Waals surface area contributed by atoms with E-state index in [0.29, 0.717) is 23.2 Å². The summed E-state index contributed by atoms with van der Waals surface area (Å²) < 4.78 is 0. The smallest absolute Gasteiger partial charge is 0.140 e. The van der Waals surface area contributed by atoms with Crippen LogP contribution in [0.1, 0.15) is 37.7 Å². The maximum atomic E-state index is 7.32. The molecule has 1 aliphatic rings. The third kappa shape index (κ3) is 2.29. The molecule has 0 amide bonds. The third-order valence-corrected chi connectivity index (χ3v) is 3.01. The molecule has 0 saturated heterocycles. The molecule has 1 aromatic heterocycles. The fourth-order valence-electron chi connectivity index (χ4n) is 2.11. The molecule has 16 heavy (non-hydrogen) atoms. The van der Waals surface area contributed by atoms with Gasteiger partial charge in [0.25, 0.3) is 0 Å². The molecule has 0 spiro atoms. The minimum atomic E-state index is 0.364. The number of aromatic nitrogens is 2. The summed E-state index contributed by atoms with van der Waals surface area (Å²) >= 11 is 0. The van der Waals surface area contributed by atoms with Crippen LogP contribution in [0.5, 0.6) is 0 Å². The van der Waals surface area contributed by atoms with E-state index in [4.69, 9.17) is 11.1 Å². The lowest BCUT2D eigenvalue weighted by molar-refractivity contribution is 0.462. The van der Waals surface area contributed by atoms with Crippen LogP contribution in [0.25, 0.3) is 0 Å². The molecule has 5 nitrogen and oxygen atoms in total. The monoisotopic (exact) mass is 219 g/mol. The maximum absolute atomic E-state index is 7.32. The SMILES string of the molecule is N=Cc1c(N)ncnc1NC1CCCCC1. The molecular formula is C11H17N5. The molecule has 0 atom stereocenters. The van der Waals surface area contributed by atoms with Crippen molar-refractivity contribution in [2.45, 2.75) is 38.1 Å². The molecule has 5 heteroatoms. The van der Waals surface area contributed by atoms with Crippen LogP contribution in [-0.4, -0.2) is 22.2 Å². The summed E-state index contributed by atoms with van der Waals surface area (Å²) in [7, 11) is 0. The summed E-state index contributed by atoms with van der Waals surface area (Å²) in [6.07, 6.45) is 8.83. The molecule has 86 valence electrons. The highest BCUT2D eigenvalue weighted by molar-refractivity contribution is 5.89. The Bertz CT molecular complexity index is 371. The van der Waals surface area contributed by atoms with E-state index < -0.39 is 0 Å². The third-order valence-electron chi connectivity index (χ3n) is 3.01. The second kappa shape index (κ2) is 4.92. The molecule has 1 aliphatic carbocycles. The quantitative estimate of drug-likeness (QED) is 0.676. The van der Waals surface area contributed by atoms with Crippen molar-refractivity contribution >= 4 is 17.9 Å². The van der Waals surface area contributed by atoms with Crippen LogP contribution < -0.4 is 11.1 Å². The van der Waals surface area contributed by atoms with Crippen LogP contribution in [0.2, 0.25) is 0 Å². The summed E-state index contributed by atoms with van der Waals surface area (Å²) in [6, 6.07) is 0.460. The number of nitrogens with one attached hydrogen (secondary N) is 2. The average molecular weight is 219 g/mol. The van der Waals surface area contributed by atoms with Crippen LogP contribution in [0.15, 0.2) is 6.33 Å².